The van der Waals surface area contributed by atoms with Gasteiger partial charge in [-0.15, -0.1) is 0 Å². The Bertz CT molecular complexity index is 431. The number of rotatable bonds is 1. The first-order valence-corrected chi connectivity index (χ1v) is 5.18. The maximum absolute atomic E-state index is 4.46. The van der Waals surface area contributed by atoms with Crippen LogP contribution in [-0.2, 0) is 0 Å². The molecule has 0 fully saturated rings. The van der Waals surface area contributed by atoms with Gasteiger partial charge in [-0.05, 0) is 30.4 Å². The molecule has 0 saturated heterocycles. The molecule has 0 unspecified atom stereocenters. The lowest BCUT2D eigenvalue weighted by atomic mass is 10.1. The van der Waals surface area contributed by atoms with Crippen molar-refractivity contribution >= 4 is 21.6 Å². The van der Waals surface area contributed by atoms with E-state index in [4.69, 9.17) is 0 Å². The quantitative estimate of drug-likeness (QED) is 0.693. The monoisotopic (exact) mass is 192 g/mol. The van der Waals surface area contributed by atoms with Gasteiger partial charge in [-0.25, -0.2) is 0 Å². The van der Waals surface area contributed by atoms with Gasteiger partial charge in [0.1, 0.15) is 0 Å². The van der Waals surface area contributed by atoms with Crippen molar-refractivity contribution in [3.8, 4) is 0 Å². The summed E-state index contributed by atoms with van der Waals surface area (Å²) in [6, 6.07) is 2.06. The molecular formula is C10H12N2S. The van der Waals surface area contributed by atoms with Gasteiger partial charge in [-0.1, -0.05) is 13.8 Å². The Labute approximate surface area is 81.8 Å². The Morgan fingerprint density at radius 1 is 1.38 bits per heavy atom. The van der Waals surface area contributed by atoms with Crippen LogP contribution in [0.4, 0.5) is 0 Å². The minimum Gasteiger partial charge on any atom is -0.260 e. The average molecular weight is 192 g/mol. The van der Waals surface area contributed by atoms with E-state index in [0.717, 1.165) is 5.69 Å². The van der Waals surface area contributed by atoms with Crippen LogP contribution in [0.1, 0.15) is 31.2 Å². The molecule has 0 aliphatic carbocycles. The highest BCUT2D eigenvalue weighted by atomic mass is 32.1. The molecule has 0 spiro atoms. The van der Waals surface area contributed by atoms with Gasteiger partial charge in [0, 0.05) is 11.6 Å². The molecule has 2 heterocycles. The smallest absolute Gasteiger partial charge is 0.0765 e. The first-order chi connectivity index (χ1) is 6.20. The van der Waals surface area contributed by atoms with E-state index in [-0.39, 0.29) is 0 Å². The molecule has 0 aliphatic heterocycles. The van der Waals surface area contributed by atoms with E-state index >= 15 is 0 Å². The van der Waals surface area contributed by atoms with E-state index in [1.54, 1.807) is 11.5 Å². The molecule has 2 nitrogen and oxygen atoms in total. The van der Waals surface area contributed by atoms with Gasteiger partial charge in [0.25, 0.3) is 0 Å². The number of nitrogens with zero attached hydrogens (tertiary/aromatic N) is 2. The predicted octanol–water partition coefficient (Wildman–Crippen LogP) is 3.12. The summed E-state index contributed by atoms with van der Waals surface area (Å²) in [4.78, 5) is 4.25. The summed E-state index contributed by atoms with van der Waals surface area (Å²) in [5.41, 5.74) is 2.28. The molecule has 68 valence electrons. The van der Waals surface area contributed by atoms with Crippen molar-refractivity contribution in [2.75, 3.05) is 0 Å². The summed E-state index contributed by atoms with van der Waals surface area (Å²) in [7, 11) is 0. The molecule has 0 aromatic carbocycles. The zero-order valence-electron chi connectivity index (χ0n) is 8.03. The molecule has 0 bridgehead atoms. The molecule has 0 saturated carbocycles. The van der Waals surface area contributed by atoms with Crippen LogP contribution in [0.5, 0.6) is 0 Å². The second-order valence-corrected chi connectivity index (χ2v) is 4.27. The third-order valence-electron chi connectivity index (χ3n) is 2.14. The average Bonchev–Trinajstić information content (AvgIpc) is 2.48. The maximum atomic E-state index is 4.46. The van der Waals surface area contributed by atoms with E-state index in [2.05, 4.69) is 29.3 Å². The van der Waals surface area contributed by atoms with Gasteiger partial charge in [0.05, 0.1) is 16.1 Å². The van der Waals surface area contributed by atoms with Crippen molar-refractivity contribution in [3.63, 3.8) is 0 Å². The molecule has 0 N–H and O–H groups in total. The number of aryl methyl sites for hydroxylation is 1. The van der Waals surface area contributed by atoms with Crippen LogP contribution in [0.3, 0.4) is 0 Å². The molecule has 0 radical (unpaired) electrons. The first-order valence-electron chi connectivity index (χ1n) is 4.41. The molecule has 13 heavy (non-hydrogen) atoms. The van der Waals surface area contributed by atoms with E-state index < -0.39 is 0 Å². The van der Waals surface area contributed by atoms with E-state index in [1.807, 2.05) is 13.1 Å². The van der Waals surface area contributed by atoms with Gasteiger partial charge < -0.3 is 0 Å². The molecule has 3 heteroatoms. The third-order valence-corrected chi connectivity index (χ3v) is 3.13. The number of aromatic nitrogens is 2. The van der Waals surface area contributed by atoms with Crippen LogP contribution < -0.4 is 0 Å². The molecule has 0 atom stereocenters. The summed E-state index contributed by atoms with van der Waals surface area (Å²) < 4.78 is 5.69. The van der Waals surface area contributed by atoms with E-state index in [9.17, 15) is 0 Å². The lowest BCUT2D eigenvalue weighted by Crippen LogP contribution is -1.87. The van der Waals surface area contributed by atoms with Crippen molar-refractivity contribution in [2.24, 2.45) is 0 Å². The topological polar surface area (TPSA) is 25.8 Å². The molecule has 2 rings (SSSR count). The lowest BCUT2D eigenvalue weighted by Gasteiger charge is -2.00. The van der Waals surface area contributed by atoms with Crippen molar-refractivity contribution in [1.29, 1.82) is 0 Å². The van der Waals surface area contributed by atoms with Crippen LogP contribution in [0.25, 0.3) is 10.1 Å². The fourth-order valence-electron chi connectivity index (χ4n) is 1.43. The zero-order chi connectivity index (χ0) is 9.42. The summed E-state index contributed by atoms with van der Waals surface area (Å²) in [6.07, 6.45) is 1.86. The molecular weight excluding hydrogens is 180 g/mol. The van der Waals surface area contributed by atoms with Crippen LogP contribution in [0.15, 0.2) is 12.3 Å². The molecule has 2 aromatic heterocycles. The Morgan fingerprint density at radius 2 is 2.15 bits per heavy atom. The van der Waals surface area contributed by atoms with Crippen molar-refractivity contribution in [3.05, 3.63) is 23.7 Å². The SMILES string of the molecule is Cc1nccc2c(C(C)C)nsc12. The Kier molecular flexibility index (Phi) is 2.04. The fraction of sp³-hybridized carbons (Fsp3) is 0.400. The number of fused-ring (bicyclic) bond motifs is 1. The number of hydrogen-bond acceptors (Lipinski definition) is 3. The largest absolute Gasteiger partial charge is 0.260 e. The maximum Gasteiger partial charge on any atom is 0.0765 e. The lowest BCUT2D eigenvalue weighted by molar-refractivity contribution is 0.849. The minimum absolute atomic E-state index is 0.496. The van der Waals surface area contributed by atoms with Crippen LogP contribution in [0, 0.1) is 6.92 Å². The highest BCUT2D eigenvalue weighted by Crippen LogP contribution is 2.28. The summed E-state index contributed by atoms with van der Waals surface area (Å²) in [5, 5.41) is 1.27. The standard InChI is InChI=1S/C10H12N2S/c1-6(2)9-8-4-5-11-7(3)10(8)13-12-9/h4-6H,1-3H3. The van der Waals surface area contributed by atoms with Gasteiger partial charge in [0.15, 0.2) is 0 Å². The predicted molar refractivity (Wildman–Crippen MR) is 56.2 cm³/mol. The first kappa shape index (κ1) is 8.63. The number of hydrogen-bond donors (Lipinski definition) is 0. The van der Waals surface area contributed by atoms with E-state index in [1.165, 1.54) is 15.8 Å². The van der Waals surface area contributed by atoms with E-state index in [0.29, 0.717) is 5.92 Å². The Balaban J connectivity index is 2.75. The summed E-state index contributed by atoms with van der Waals surface area (Å²) in [5.74, 6) is 0.496. The normalized spacial score (nSPS) is 11.4. The molecule has 0 aliphatic rings. The molecule has 0 amide bonds. The van der Waals surface area contributed by atoms with Crippen molar-refractivity contribution in [2.45, 2.75) is 26.7 Å². The highest BCUT2D eigenvalue weighted by Gasteiger charge is 2.10. The number of pyridine rings is 1. The zero-order valence-corrected chi connectivity index (χ0v) is 8.85. The van der Waals surface area contributed by atoms with Gasteiger partial charge in [-0.3, -0.25) is 4.98 Å². The minimum atomic E-state index is 0.496. The van der Waals surface area contributed by atoms with Crippen LogP contribution in [-0.4, -0.2) is 9.36 Å². The van der Waals surface area contributed by atoms with Crippen molar-refractivity contribution < 1.29 is 0 Å². The van der Waals surface area contributed by atoms with Crippen LogP contribution in [0.2, 0.25) is 0 Å². The van der Waals surface area contributed by atoms with Gasteiger partial charge in [0.2, 0.25) is 0 Å². The second kappa shape index (κ2) is 3.07. The summed E-state index contributed by atoms with van der Waals surface area (Å²) in [6.45, 7) is 6.37. The van der Waals surface area contributed by atoms with Crippen molar-refractivity contribution in [1.82, 2.24) is 9.36 Å². The van der Waals surface area contributed by atoms with Crippen LogP contribution >= 0.6 is 11.5 Å². The van der Waals surface area contributed by atoms with Gasteiger partial charge in [-0.2, -0.15) is 4.37 Å². The third kappa shape index (κ3) is 1.33. The summed E-state index contributed by atoms with van der Waals surface area (Å²) >= 11 is 1.56. The second-order valence-electron chi connectivity index (χ2n) is 3.50. The Hall–Kier alpha value is -0.960. The molecule has 2 aromatic rings. The highest BCUT2D eigenvalue weighted by molar-refractivity contribution is 7.13. The fourth-order valence-corrected chi connectivity index (χ4v) is 2.38. The Morgan fingerprint density at radius 3 is 2.85 bits per heavy atom. The van der Waals surface area contributed by atoms with Gasteiger partial charge >= 0.3 is 0 Å².